The monoisotopic (exact) mass is 265 g/mol. The van der Waals surface area contributed by atoms with Crippen molar-refractivity contribution in [2.75, 3.05) is 6.54 Å². The maximum Gasteiger partial charge on any atom is 0.0184 e. The largest absolute Gasteiger partial charge is 0.330 e. The molecule has 0 fully saturated rings. The molecule has 1 aliphatic carbocycles. The van der Waals surface area contributed by atoms with E-state index >= 15 is 0 Å². The van der Waals surface area contributed by atoms with Crippen LogP contribution in [0, 0.1) is 6.92 Å². The van der Waals surface area contributed by atoms with E-state index < -0.39 is 0 Å². The van der Waals surface area contributed by atoms with E-state index in [0.717, 1.165) is 19.4 Å². The smallest absolute Gasteiger partial charge is 0.0184 e. The van der Waals surface area contributed by atoms with Gasteiger partial charge in [-0.2, -0.15) is 0 Å². The maximum absolute atomic E-state index is 5.64. The Morgan fingerprint density at radius 2 is 2.20 bits per heavy atom. The first kappa shape index (κ1) is 10.9. The van der Waals surface area contributed by atoms with E-state index in [0.29, 0.717) is 0 Å². The van der Waals surface area contributed by atoms with Crippen molar-refractivity contribution in [2.24, 2.45) is 5.73 Å². The van der Waals surface area contributed by atoms with Gasteiger partial charge in [-0.25, -0.2) is 0 Å². The summed E-state index contributed by atoms with van der Waals surface area (Å²) in [5.41, 5.74) is 11.4. The zero-order valence-corrected chi connectivity index (χ0v) is 10.6. The zero-order valence-electron chi connectivity index (χ0n) is 9.02. The molecule has 0 aromatic heterocycles. The lowest BCUT2D eigenvalue weighted by molar-refractivity contribution is 0.929. The predicted octanol–water partition coefficient (Wildman–Crippen LogP) is 3.44. The highest BCUT2D eigenvalue weighted by Gasteiger charge is 2.14. The number of halogens is 1. The van der Waals surface area contributed by atoms with Crippen molar-refractivity contribution in [1.82, 2.24) is 0 Å². The van der Waals surface area contributed by atoms with Gasteiger partial charge in [-0.1, -0.05) is 22.0 Å². The number of allylic oxidation sites excluding steroid dienone is 1. The Bertz CT molecular complexity index is 407. The summed E-state index contributed by atoms with van der Waals surface area (Å²) < 4.78 is 1.17. The summed E-state index contributed by atoms with van der Waals surface area (Å²) in [5.74, 6) is 0. The number of hydrogen-bond acceptors (Lipinski definition) is 1. The average molecular weight is 266 g/mol. The van der Waals surface area contributed by atoms with Crippen LogP contribution in [0.5, 0.6) is 0 Å². The fraction of sp³-hybridized carbons (Fsp3) is 0.385. The highest BCUT2D eigenvalue weighted by molar-refractivity contribution is 9.10. The third kappa shape index (κ3) is 2.16. The van der Waals surface area contributed by atoms with Crippen LogP contribution in [0.15, 0.2) is 22.7 Å². The van der Waals surface area contributed by atoms with Crippen LogP contribution in [-0.2, 0) is 6.42 Å². The summed E-state index contributed by atoms with van der Waals surface area (Å²) in [6.07, 6.45) is 5.65. The van der Waals surface area contributed by atoms with Crippen molar-refractivity contribution in [1.29, 1.82) is 0 Å². The van der Waals surface area contributed by atoms with Gasteiger partial charge < -0.3 is 5.73 Å². The third-order valence-electron chi connectivity index (χ3n) is 2.98. The summed E-state index contributed by atoms with van der Waals surface area (Å²) in [7, 11) is 0. The summed E-state index contributed by atoms with van der Waals surface area (Å²) in [6, 6.07) is 4.42. The Morgan fingerprint density at radius 1 is 1.40 bits per heavy atom. The van der Waals surface area contributed by atoms with Crippen molar-refractivity contribution in [3.63, 3.8) is 0 Å². The van der Waals surface area contributed by atoms with Gasteiger partial charge in [-0.15, -0.1) is 0 Å². The van der Waals surface area contributed by atoms with Crippen LogP contribution in [0.3, 0.4) is 0 Å². The molecular formula is C13H16BrN. The molecule has 1 aliphatic rings. The van der Waals surface area contributed by atoms with E-state index in [1.165, 1.54) is 33.2 Å². The van der Waals surface area contributed by atoms with Crippen molar-refractivity contribution in [3.8, 4) is 0 Å². The minimum Gasteiger partial charge on any atom is -0.330 e. The first-order valence-electron chi connectivity index (χ1n) is 5.41. The number of benzene rings is 1. The molecule has 0 saturated heterocycles. The Kier molecular flexibility index (Phi) is 3.27. The van der Waals surface area contributed by atoms with E-state index in [9.17, 15) is 0 Å². The number of fused-ring (bicyclic) bond motifs is 1. The van der Waals surface area contributed by atoms with E-state index in [1.54, 1.807) is 0 Å². The van der Waals surface area contributed by atoms with Crippen LogP contribution in [-0.4, -0.2) is 6.54 Å². The van der Waals surface area contributed by atoms with Crippen molar-refractivity contribution in [2.45, 2.75) is 26.2 Å². The SMILES string of the molecule is Cc1cc(Br)cc2c1CCC=C2CCN. The molecule has 0 radical (unpaired) electrons. The second-order valence-corrected chi connectivity index (χ2v) is 4.97. The highest BCUT2D eigenvalue weighted by atomic mass is 79.9. The van der Waals surface area contributed by atoms with Gasteiger partial charge in [-0.3, -0.25) is 0 Å². The first-order valence-corrected chi connectivity index (χ1v) is 6.20. The summed E-state index contributed by atoms with van der Waals surface area (Å²) >= 11 is 3.56. The fourth-order valence-electron chi connectivity index (χ4n) is 2.28. The summed E-state index contributed by atoms with van der Waals surface area (Å²) in [4.78, 5) is 0. The predicted molar refractivity (Wildman–Crippen MR) is 68.8 cm³/mol. The molecule has 2 N–H and O–H groups in total. The number of nitrogens with two attached hydrogens (primary N) is 1. The highest BCUT2D eigenvalue weighted by Crippen LogP contribution is 2.32. The molecule has 0 saturated carbocycles. The van der Waals surface area contributed by atoms with Gasteiger partial charge in [-0.05, 0) is 67.1 Å². The Hall–Kier alpha value is -0.600. The minimum atomic E-state index is 0.733. The van der Waals surface area contributed by atoms with Crippen molar-refractivity contribution < 1.29 is 0 Å². The fourth-order valence-corrected chi connectivity index (χ4v) is 2.86. The molecule has 0 amide bonds. The second kappa shape index (κ2) is 4.50. The maximum atomic E-state index is 5.64. The minimum absolute atomic E-state index is 0.733. The standard InChI is InChI=1S/C13H16BrN/c1-9-7-11(14)8-13-10(5-6-15)3-2-4-12(9)13/h3,7-8H,2,4-6,15H2,1H3. The third-order valence-corrected chi connectivity index (χ3v) is 3.44. The number of rotatable bonds is 2. The van der Waals surface area contributed by atoms with Gasteiger partial charge in [0.2, 0.25) is 0 Å². The van der Waals surface area contributed by atoms with E-state index in [4.69, 9.17) is 5.73 Å². The topological polar surface area (TPSA) is 26.0 Å². The van der Waals surface area contributed by atoms with Gasteiger partial charge in [0.05, 0.1) is 0 Å². The Labute approximate surface area is 99.5 Å². The summed E-state index contributed by atoms with van der Waals surface area (Å²) in [6.45, 7) is 2.92. The molecule has 1 aromatic rings. The van der Waals surface area contributed by atoms with Crippen molar-refractivity contribution >= 4 is 21.5 Å². The Balaban J connectivity index is 2.49. The lowest BCUT2D eigenvalue weighted by Gasteiger charge is -2.20. The van der Waals surface area contributed by atoms with Crippen LogP contribution < -0.4 is 5.73 Å². The second-order valence-electron chi connectivity index (χ2n) is 4.06. The molecule has 1 nitrogen and oxygen atoms in total. The average Bonchev–Trinajstić information content (AvgIpc) is 2.19. The van der Waals surface area contributed by atoms with Gasteiger partial charge in [0.1, 0.15) is 0 Å². The molecule has 15 heavy (non-hydrogen) atoms. The number of aryl methyl sites for hydroxylation is 1. The normalized spacial score (nSPS) is 14.7. The molecule has 0 aliphatic heterocycles. The van der Waals surface area contributed by atoms with E-state index in [-0.39, 0.29) is 0 Å². The van der Waals surface area contributed by atoms with Gasteiger partial charge in [0.25, 0.3) is 0 Å². The molecule has 80 valence electrons. The molecule has 1 aromatic carbocycles. The lowest BCUT2D eigenvalue weighted by Crippen LogP contribution is -2.06. The van der Waals surface area contributed by atoms with Gasteiger partial charge in [0, 0.05) is 4.47 Å². The van der Waals surface area contributed by atoms with E-state index in [2.05, 4.69) is 41.1 Å². The zero-order chi connectivity index (χ0) is 10.8. The first-order chi connectivity index (χ1) is 7.22. The molecule has 0 heterocycles. The quantitative estimate of drug-likeness (QED) is 0.871. The molecule has 2 rings (SSSR count). The Morgan fingerprint density at radius 3 is 2.93 bits per heavy atom. The van der Waals surface area contributed by atoms with Crippen LogP contribution in [0.1, 0.15) is 29.5 Å². The van der Waals surface area contributed by atoms with Crippen LogP contribution in [0.2, 0.25) is 0 Å². The van der Waals surface area contributed by atoms with Crippen molar-refractivity contribution in [3.05, 3.63) is 39.4 Å². The molecule has 0 unspecified atom stereocenters. The number of hydrogen-bond donors (Lipinski definition) is 1. The van der Waals surface area contributed by atoms with Crippen LogP contribution in [0.4, 0.5) is 0 Å². The summed E-state index contributed by atoms with van der Waals surface area (Å²) in [5, 5.41) is 0. The molecule has 0 spiro atoms. The van der Waals surface area contributed by atoms with Gasteiger partial charge in [0.15, 0.2) is 0 Å². The van der Waals surface area contributed by atoms with Crippen LogP contribution >= 0.6 is 15.9 Å². The molecule has 0 bridgehead atoms. The molecule has 2 heteroatoms. The van der Waals surface area contributed by atoms with Crippen LogP contribution in [0.25, 0.3) is 5.57 Å². The molecule has 0 atom stereocenters. The van der Waals surface area contributed by atoms with Gasteiger partial charge >= 0.3 is 0 Å². The van der Waals surface area contributed by atoms with E-state index in [1.807, 2.05) is 0 Å². The lowest BCUT2D eigenvalue weighted by atomic mass is 9.87. The molecular weight excluding hydrogens is 250 g/mol.